The lowest BCUT2D eigenvalue weighted by atomic mass is 10.0. The molecule has 4 rings (SSSR count). The first-order valence-electron chi connectivity index (χ1n) is 13.1. The first-order valence-corrected chi connectivity index (χ1v) is 13.1. The highest BCUT2D eigenvalue weighted by Crippen LogP contribution is 2.20. The number of benzene rings is 3. The summed E-state index contributed by atoms with van der Waals surface area (Å²) in [5.74, 6) is -0.142. The van der Waals surface area contributed by atoms with Gasteiger partial charge < -0.3 is 9.47 Å². The highest BCUT2D eigenvalue weighted by molar-refractivity contribution is 5.75. The van der Waals surface area contributed by atoms with E-state index in [1.54, 1.807) is 0 Å². The van der Waals surface area contributed by atoms with Crippen LogP contribution < -0.4 is 0 Å². The molecule has 0 radical (unpaired) electrons. The maximum absolute atomic E-state index is 13.5. The molecule has 5 heteroatoms. The molecule has 0 spiro atoms. The van der Waals surface area contributed by atoms with Crippen molar-refractivity contribution in [3.8, 4) is 0 Å². The van der Waals surface area contributed by atoms with Crippen LogP contribution in [0, 0.1) is 0 Å². The molecule has 0 bridgehead atoms. The summed E-state index contributed by atoms with van der Waals surface area (Å²) in [6.07, 6.45) is 2.81. The second-order valence-electron chi connectivity index (χ2n) is 9.44. The molecule has 0 unspecified atom stereocenters. The molecule has 0 aliphatic carbocycles. The van der Waals surface area contributed by atoms with Crippen molar-refractivity contribution in [1.82, 2.24) is 9.80 Å². The van der Waals surface area contributed by atoms with Crippen LogP contribution in [0.1, 0.15) is 36.0 Å². The Balaban J connectivity index is 1.46. The van der Waals surface area contributed by atoms with Crippen molar-refractivity contribution < 1.29 is 14.3 Å². The monoisotopic (exact) mass is 486 g/mol. The Labute approximate surface area is 215 Å². The fraction of sp³-hybridized carbons (Fsp3) is 0.387. The second-order valence-corrected chi connectivity index (χ2v) is 9.44. The van der Waals surface area contributed by atoms with E-state index in [0.29, 0.717) is 19.7 Å². The first kappa shape index (κ1) is 26.1. The average Bonchev–Trinajstić information content (AvgIpc) is 2.94. The summed E-state index contributed by atoms with van der Waals surface area (Å²) in [4.78, 5) is 18.3. The number of esters is 1. The van der Waals surface area contributed by atoms with Gasteiger partial charge in [0.1, 0.15) is 12.6 Å². The van der Waals surface area contributed by atoms with Gasteiger partial charge in [0.05, 0.1) is 13.2 Å². The molecule has 1 heterocycles. The van der Waals surface area contributed by atoms with Gasteiger partial charge in [-0.15, -0.1) is 0 Å². The van der Waals surface area contributed by atoms with Crippen molar-refractivity contribution in [2.24, 2.45) is 0 Å². The Morgan fingerprint density at radius 2 is 1.31 bits per heavy atom. The van der Waals surface area contributed by atoms with Gasteiger partial charge in [0.2, 0.25) is 0 Å². The number of carbonyl (C=O) groups excluding carboxylic acids is 1. The number of hydrogen-bond donors (Lipinski definition) is 0. The highest BCUT2D eigenvalue weighted by Gasteiger charge is 2.28. The van der Waals surface area contributed by atoms with Crippen LogP contribution >= 0.6 is 0 Å². The van der Waals surface area contributed by atoms with Crippen LogP contribution in [0.15, 0.2) is 91.0 Å². The summed E-state index contributed by atoms with van der Waals surface area (Å²) < 4.78 is 11.4. The fourth-order valence-corrected chi connectivity index (χ4v) is 4.68. The summed E-state index contributed by atoms with van der Waals surface area (Å²) in [5.41, 5.74) is 3.40. The molecule has 0 amide bonds. The summed E-state index contributed by atoms with van der Waals surface area (Å²) >= 11 is 0. The largest absolute Gasteiger partial charge is 0.460 e. The smallest absolute Gasteiger partial charge is 0.323 e. The first-order chi connectivity index (χ1) is 17.8. The number of rotatable bonds is 13. The number of hydrogen-bond acceptors (Lipinski definition) is 5. The van der Waals surface area contributed by atoms with Crippen molar-refractivity contribution in [3.05, 3.63) is 108 Å². The van der Waals surface area contributed by atoms with Gasteiger partial charge in [-0.2, -0.15) is 0 Å². The van der Waals surface area contributed by atoms with E-state index in [9.17, 15) is 4.79 Å². The van der Waals surface area contributed by atoms with Crippen LogP contribution in [-0.2, 0) is 34.0 Å². The number of carbonyl (C=O) groups is 1. The molecule has 1 aliphatic rings. The molecule has 1 fully saturated rings. The molecule has 190 valence electrons. The van der Waals surface area contributed by atoms with E-state index in [4.69, 9.17) is 9.47 Å². The third kappa shape index (κ3) is 8.59. The Morgan fingerprint density at radius 1 is 0.778 bits per heavy atom. The number of morpholine rings is 1. The summed E-state index contributed by atoms with van der Waals surface area (Å²) in [6, 6.07) is 30.4. The normalized spacial score (nSPS) is 15.0. The van der Waals surface area contributed by atoms with Crippen molar-refractivity contribution >= 4 is 5.97 Å². The van der Waals surface area contributed by atoms with Gasteiger partial charge in [-0.1, -0.05) is 97.4 Å². The van der Waals surface area contributed by atoms with Crippen LogP contribution in [0.5, 0.6) is 0 Å². The molecule has 5 nitrogen and oxygen atoms in total. The van der Waals surface area contributed by atoms with E-state index < -0.39 is 0 Å². The fourth-order valence-electron chi connectivity index (χ4n) is 4.68. The maximum atomic E-state index is 13.5. The van der Waals surface area contributed by atoms with Crippen LogP contribution in [-0.4, -0.2) is 54.7 Å². The molecule has 0 saturated carbocycles. The summed E-state index contributed by atoms with van der Waals surface area (Å²) in [6.45, 7) is 6.37. The predicted octanol–water partition coefficient (Wildman–Crippen LogP) is 5.30. The van der Waals surface area contributed by atoms with Gasteiger partial charge in [-0.25, -0.2) is 0 Å². The zero-order valence-electron chi connectivity index (χ0n) is 21.1. The van der Waals surface area contributed by atoms with Crippen molar-refractivity contribution in [3.63, 3.8) is 0 Å². The van der Waals surface area contributed by atoms with Crippen LogP contribution in [0.4, 0.5) is 0 Å². The van der Waals surface area contributed by atoms with Gasteiger partial charge in [0.25, 0.3) is 0 Å². The number of ether oxygens (including phenoxy) is 2. The zero-order chi connectivity index (χ0) is 24.8. The van der Waals surface area contributed by atoms with Gasteiger partial charge in [-0.3, -0.25) is 14.6 Å². The molecule has 0 N–H and O–H groups in total. The minimum atomic E-state index is -0.307. The lowest BCUT2D eigenvalue weighted by molar-refractivity contribution is -0.152. The van der Waals surface area contributed by atoms with E-state index >= 15 is 0 Å². The highest BCUT2D eigenvalue weighted by atomic mass is 16.5. The van der Waals surface area contributed by atoms with E-state index in [1.165, 1.54) is 11.1 Å². The van der Waals surface area contributed by atoms with Crippen molar-refractivity contribution in [2.75, 3.05) is 32.8 Å². The molecule has 36 heavy (non-hydrogen) atoms. The van der Waals surface area contributed by atoms with E-state index in [2.05, 4.69) is 58.3 Å². The lowest BCUT2D eigenvalue weighted by Crippen LogP contribution is -2.41. The zero-order valence-corrected chi connectivity index (χ0v) is 21.1. The van der Waals surface area contributed by atoms with Crippen LogP contribution in [0.3, 0.4) is 0 Å². The van der Waals surface area contributed by atoms with Crippen LogP contribution in [0.25, 0.3) is 0 Å². The van der Waals surface area contributed by atoms with Crippen LogP contribution in [0.2, 0.25) is 0 Å². The molecule has 3 aromatic carbocycles. The molecule has 1 saturated heterocycles. The molecule has 3 aromatic rings. The van der Waals surface area contributed by atoms with Crippen molar-refractivity contribution in [2.45, 2.75) is 45.0 Å². The lowest BCUT2D eigenvalue weighted by Gasteiger charge is -2.31. The Morgan fingerprint density at radius 3 is 1.86 bits per heavy atom. The third-order valence-electron chi connectivity index (χ3n) is 6.70. The van der Waals surface area contributed by atoms with Gasteiger partial charge in [0.15, 0.2) is 0 Å². The standard InChI is InChI=1S/C31H38N2O3/c34-31(36-26-29-16-8-3-9-17-29)30(18-10-11-19-32-20-22-35-23-21-32)33(24-27-12-4-1-5-13-27)25-28-14-6-2-7-15-28/h1-9,12-17,30H,10-11,18-26H2/t30-/m0/s1. The predicted molar refractivity (Wildman–Crippen MR) is 143 cm³/mol. The average molecular weight is 487 g/mol. The van der Waals surface area contributed by atoms with Gasteiger partial charge in [0, 0.05) is 26.2 Å². The van der Waals surface area contributed by atoms with E-state index in [-0.39, 0.29) is 12.0 Å². The van der Waals surface area contributed by atoms with Crippen molar-refractivity contribution in [1.29, 1.82) is 0 Å². The molecule has 0 aromatic heterocycles. The van der Waals surface area contributed by atoms with E-state index in [0.717, 1.165) is 57.7 Å². The third-order valence-corrected chi connectivity index (χ3v) is 6.70. The van der Waals surface area contributed by atoms with Gasteiger partial charge >= 0.3 is 5.97 Å². The number of unbranched alkanes of at least 4 members (excludes halogenated alkanes) is 1. The minimum absolute atomic E-state index is 0.142. The minimum Gasteiger partial charge on any atom is -0.460 e. The summed E-state index contributed by atoms with van der Waals surface area (Å²) in [5, 5.41) is 0. The summed E-state index contributed by atoms with van der Waals surface area (Å²) in [7, 11) is 0. The molecular weight excluding hydrogens is 448 g/mol. The molecule has 1 aliphatic heterocycles. The molecule has 1 atom stereocenters. The SMILES string of the molecule is O=C(OCc1ccccc1)[C@H](CCCCN1CCOCC1)N(Cc1ccccc1)Cc1ccccc1. The Bertz CT molecular complexity index is 966. The van der Waals surface area contributed by atoms with E-state index in [1.807, 2.05) is 42.5 Å². The Kier molecular flexibility index (Phi) is 10.5. The second kappa shape index (κ2) is 14.5. The van der Waals surface area contributed by atoms with Gasteiger partial charge in [-0.05, 0) is 36.1 Å². The maximum Gasteiger partial charge on any atom is 0.323 e. The molecular formula is C31H38N2O3. The number of nitrogens with zero attached hydrogens (tertiary/aromatic N) is 2. The topological polar surface area (TPSA) is 42.0 Å². The Hall–Kier alpha value is -2.99. The quantitative estimate of drug-likeness (QED) is 0.242.